The zero-order valence-corrected chi connectivity index (χ0v) is 27.9. The van der Waals surface area contributed by atoms with Crippen LogP contribution in [0.4, 0.5) is 0 Å². The van der Waals surface area contributed by atoms with E-state index in [1.807, 2.05) is 13.8 Å². The van der Waals surface area contributed by atoms with E-state index in [0.29, 0.717) is 0 Å². The summed E-state index contributed by atoms with van der Waals surface area (Å²) in [5.41, 5.74) is 0. The molecular weight excluding hydrogens is 456 g/mol. The van der Waals surface area contributed by atoms with Crippen molar-refractivity contribution in [1.29, 1.82) is 0 Å². The van der Waals surface area contributed by atoms with Crippen LogP contribution in [0.3, 0.4) is 0 Å². The zero-order chi connectivity index (χ0) is 27.9. The lowest BCUT2D eigenvalue weighted by atomic mass is 9.64. The van der Waals surface area contributed by atoms with Gasteiger partial charge in [0.25, 0.3) is 0 Å². The first-order chi connectivity index (χ1) is 18.4. The van der Waals surface area contributed by atoms with Crippen molar-refractivity contribution in [3.63, 3.8) is 0 Å². The van der Waals surface area contributed by atoms with E-state index in [1.54, 1.807) is 32.1 Å². The molecule has 3 aliphatic rings. The standard InChI is InChI=1S/C36H68.C2H6/c1-7-15-32(25-34(24-23-27(3)4)31-20-10-9-11-21-31)33(16-8-2)26-36(35-22-14-17-28(35)5)29(6)30-18-12-13-19-30;1-2/h27-36H,7-26H2,1-6H3;1-2H3. The van der Waals surface area contributed by atoms with Crippen LogP contribution < -0.4 is 0 Å². The van der Waals surface area contributed by atoms with Crippen LogP contribution in [0.15, 0.2) is 0 Å². The average molecular weight is 531 g/mol. The van der Waals surface area contributed by atoms with Crippen LogP contribution in [0.25, 0.3) is 0 Å². The SMILES string of the molecule is CC.CCCC(CC(CCC(C)C)C1CCCCC1)C(CCC)CC(C(C)C1CCCC1)C1CCCC1C. The molecule has 0 nitrogen and oxygen atoms in total. The molecule has 0 amide bonds. The maximum absolute atomic E-state index is 2.72. The van der Waals surface area contributed by atoms with Gasteiger partial charge in [0, 0.05) is 0 Å². The maximum atomic E-state index is 2.72. The Morgan fingerprint density at radius 1 is 0.579 bits per heavy atom. The van der Waals surface area contributed by atoms with Crippen LogP contribution in [0.2, 0.25) is 0 Å². The topological polar surface area (TPSA) is 0 Å². The third-order valence-corrected chi connectivity index (χ3v) is 11.9. The van der Waals surface area contributed by atoms with Gasteiger partial charge in [-0.25, -0.2) is 0 Å². The van der Waals surface area contributed by atoms with Gasteiger partial charge in [-0.2, -0.15) is 0 Å². The van der Waals surface area contributed by atoms with Gasteiger partial charge < -0.3 is 0 Å². The monoisotopic (exact) mass is 531 g/mol. The molecule has 0 radical (unpaired) electrons. The van der Waals surface area contributed by atoms with Crippen molar-refractivity contribution in [2.24, 2.45) is 59.2 Å². The minimum Gasteiger partial charge on any atom is -0.0683 e. The van der Waals surface area contributed by atoms with Gasteiger partial charge in [-0.3, -0.25) is 0 Å². The van der Waals surface area contributed by atoms with Crippen LogP contribution in [0, 0.1) is 59.2 Å². The normalized spacial score (nSPS) is 27.1. The molecule has 38 heavy (non-hydrogen) atoms. The Hall–Kier alpha value is 0. The van der Waals surface area contributed by atoms with Gasteiger partial charge in [0.15, 0.2) is 0 Å². The van der Waals surface area contributed by atoms with Crippen molar-refractivity contribution >= 4 is 0 Å². The Kier molecular flexibility index (Phi) is 17.3. The summed E-state index contributed by atoms with van der Waals surface area (Å²) < 4.78 is 0. The fourth-order valence-electron chi connectivity index (χ4n) is 9.69. The van der Waals surface area contributed by atoms with Crippen molar-refractivity contribution in [2.45, 2.75) is 184 Å². The molecule has 0 aromatic carbocycles. The molecule has 7 atom stereocenters. The van der Waals surface area contributed by atoms with Crippen LogP contribution in [0.5, 0.6) is 0 Å². The summed E-state index contributed by atoms with van der Waals surface area (Å²) in [5, 5.41) is 0. The van der Waals surface area contributed by atoms with E-state index in [0.717, 1.165) is 59.2 Å². The summed E-state index contributed by atoms with van der Waals surface area (Å²) >= 11 is 0. The van der Waals surface area contributed by atoms with E-state index in [4.69, 9.17) is 0 Å². The molecule has 226 valence electrons. The summed E-state index contributed by atoms with van der Waals surface area (Å²) in [6.45, 7) is 19.2. The fraction of sp³-hybridized carbons (Fsp3) is 1.00. The van der Waals surface area contributed by atoms with Crippen molar-refractivity contribution in [3.05, 3.63) is 0 Å². The minimum atomic E-state index is 0.868. The highest BCUT2D eigenvalue weighted by Crippen LogP contribution is 2.49. The Labute approximate surface area is 242 Å². The Balaban J connectivity index is 0.00000247. The van der Waals surface area contributed by atoms with Gasteiger partial charge >= 0.3 is 0 Å². The van der Waals surface area contributed by atoms with E-state index in [1.165, 1.54) is 96.3 Å². The third-order valence-electron chi connectivity index (χ3n) is 11.9. The summed E-state index contributed by atoms with van der Waals surface area (Å²) in [6.07, 6.45) is 30.2. The molecule has 0 saturated heterocycles. The number of rotatable bonds is 16. The first kappa shape index (κ1) is 34.2. The molecule has 0 bridgehead atoms. The van der Waals surface area contributed by atoms with Gasteiger partial charge in [-0.1, -0.05) is 158 Å². The molecule has 3 aliphatic carbocycles. The van der Waals surface area contributed by atoms with E-state index in [-0.39, 0.29) is 0 Å². The van der Waals surface area contributed by atoms with E-state index < -0.39 is 0 Å². The van der Waals surface area contributed by atoms with Gasteiger partial charge in [0.1, 0.15) is 0 Å². The zero-order valence-electron chi connectivity index (χ0n) is 27.9. The minimum absolute atomic E-state index is 0.868. The average Bonchev–Trinajstić information content (AvgIpc) is 3.62. The Morgan fingerprint density at radius 2 is 1.13 bits per heavy atom. The van der Waals surface area contributed by atoms with Crippen LogP contribution >= 0.6 is 0 Å². The molecule has 0 heteroatoms. The smallest absolute Gasteiger partial charge is 0.0352 e. The first-order valence-corrected chi connectivity index (χ1v) is 18.4. The van der Waals surface area contributed by atoms with Gasteiger partial charge in [0.2, 0.25) is 0 Å². The predicted molar refractivity (Wildman–Crippen MR) is 173 cm³/mol. The van der Waals surface area contributed by atoms with E-state index in [9.17, 15) is 0 Å². The Bertz CT molecular complexity index is 550. The van der Waals surface area contributed by atoms with Gasteiger partial charge in [-0.15, -0.1) is 0 Å². The molecule has 0 aromatic rings. The molecule has 0 N–H and O–H groups in total. The molecule has 7 unspecified atom stereocenters. The largest absolute Gasteiger partial charge is 0.0683 e. The van der Waals surface area contributed by atoms with E-state index in [2.05, 4.69) is 41.5 Å². The molecule has 3 saturated carbocycles. The van der Waals surface area contributed by atoms with Gasteiger partial charge in [-0.05, 0) is 84.9 Å². The van der Waals surface area contributed by atoms with Crippen LogP contribution in [0.1, 0.15) is 184 Å². The first-order valence-electron chi connectivity index (χ1n) is 18.4. The quantitative estimate of drug-likeness (QED) is 0.186. The molecule has 0 aromatic heterocycles. The second-order valence-corrected chi connectivity index (χ2v) is 14.8. The maximum Gasteiger partial charge on any atom is -0.0352 e. The number of hydrogen-bond donors (Lipinski definition) is 0. The third kappa shape index (κ3) is 10.8. The molecular formula is C38H74. The van der Waals surface area contributed by atoms with Crippen molar-refractivity contribution in [2.75, 3.05) is 0 Å². The summed E-state index contributed by atoms with van der Waals surface area (Å²) in [5.74, 6) is 9.92. The highest BCUT2D eigenvalue weighted by atomic mass is 14.5. The number of hydrogen-bond acceptors (Lipinski definition) is 0. The fourth-order valence-corrected chi connectivity index (χ4v) is 9.69. The lowest BCUT2D eigenvalue weighted by Gasteiger charge is -2.41. The highest BCUT2D eigenvalue weighted by molar-refractivity contribution is 4.90. The molecule has 0 aliphatic heterocycles. The summed E-state index contributed by atoms with van der Waals surface area (Å²) in [7, 11) is 0. The summed E-state index contributed by atoms with van der Waals surface area (Å²) in [6, 6.07) is 0. The molecule has 0 heterocycles. The second kappa shape index (κ2) is 19.2. The van der Waals surface area contributed by atoms with Gasteiger partial charge in [0.05, 0.1) is 0 Å². The predicted octanol–water partition coefficient (Wildman–Crippen LogP) is 13.1. The lowest BCUT2D eigenvalue weighted by molar-refractivity contribution is 0.0858. The van der Waals surface area contributed by atoms with Crippen LogP contribution in [-0.4, -0.2) is 0 Å². The van der Waals surface area contributed by atoms with E-state index >= 15 is 0 Å². The Morgan fingerprint density at radius 3 is 1.66 bits per heavy atom. The van der Waals surface area contributed by atoms with Crippen molar-refractivity contribution in [3.8, 4) is 0 Å². The summed E-state index contributed by atoms with van der Waals surface area (Å²) in [4.78, 5) is 0. The molecule has 0 spiro atoms. The van der Waals surface area contributed by atoms with Crippen molar-refractivity contribution < 1.29 is 0 Å². The second-order valence-electron chi connectivity index (χ2n) is 14.8. The van der Waals surface area contributed by atoms with Crippen molar-refractivity contribution in [1.82, 2.24) is 0 Å². The highest BCUT2D eigenvalue weighted by Gasteiger charge is 2.40. The lowest BCUT2D eigenvalue weighted by Crippen LogP contribution is -2.33. The molecule has 3 rings (SSSR count). The van der Waals surface area contributed by atoms with Crippen LogP contribution in [-0.2, 0) is 0 Å². The molecule has 3 fully saturated rings.